The average molecular weight is 291 g/mol. The van der Waals surface area contributed by atoms with Crippen molar-refractivity contribution in [3.8, 4) is 11.5 Å². The predicted molar refractivity (Wildman–Crippen MR) is 70.1 cm³/mol. The van der Waals surface area contributed by atoms with E-state index in [1.165, 1.54) is 18.4 Å². The van der Waals surface area contributed by atoms with Crippen molar-refractivity contribution in [2.45, 2.75) is 0 Å². The first-order valence-electron chi connectivity index (χ1n) is 4.63. The molecule has 3 nitrogen and oxygen atoms in total. The van der Waals surface area contributed by atoms with E-state index in [2.05, 4.69) is 0 Å². The number of methoxy groups -OCH3 is 2. The summed E-state index contributed by atoms with van der Waals surface area (Å²) in [4.78, 5) is 11.5. The van der Waals surface area contributed by atoms with Crippen molar-refractivity contribution in [1.29, 1.82) is 0 Å². The lowest BCUT2D eigenvalue weighted by Gasteiger charge is -2.05. The lowest BCUT2D eigenvalue weighted by Crippen LogP contribution is -1.87. The number of carbonyl (C=O) groups excluding carboxylic acids is 1. The minimum atomic E-state index is -0.583. The Morgan fingerprint density at radius 2 is 1.82 bits per heavy atom. The third kappa shape index (κ3) is 1.97. The lowest BCUT2D eigenvalue weighted by atomic mass is 10.2. The standard InChI is InChI=1S/C11H8Cl2O3S/c1-15-5-3-4-6(16-2)9-7(5)8(12)10(17-9)11(13)14/h3-4H,1-2H3. The molecule has 0 amide bonds. The maximum Gasteiger partial charge on any atom is 0.263 e. The van der Waals surface area contributed by atoms with Crippen LogP contribution in [0, 0.1) is 0 Å². The molecule has 0 atom stereocenters. The van der Waals surface area contributed by atoms with Crippen molar-refractivity contribution in [2.24, 2.45) is 0 Å². The van der Waals surface area contributed by atoms with Crippen molar-refractivity contribution in [3.63, 3.8) is 0 Å². The van der Waals surface area contributed by atoms with Gasteiger partial charge in [-0.15, -0.1) is 11.3 Å². The van der Waals surface area contributed by atoms with E-state index >= 15 is 0 Å². The fourth-order valence-electron chi connectivity index (χ4n) is 1.57. The highest BCUT2D eigenvalue weighted by Gasteiger charge is 2.21. The number of halogens is 2. The van der Waals surface area contributed by atoms with Crippen LogP contribution in [0.15, 0.2) is 12.1 Å². The van der Waals surface area contributed by atoms with E-state index in [-0.39, 0.29) is 0 Å². The zero-order chi connectivity index (χ0) is 12.6. The number of ether oxygens (including phenoxy) is 2. The first-order chi connectivity index (χ1) is 8.10. The smallest absolute Gasteiger partial charge is 0.263 e. The van der Waals surface area contributed by atoms with E-state index < -0.39 is 5.24 Å². The Labute approximate surface area is 112 Å². The highest BCUT2D eigenvalue weighted by atomic mass is 35.5. The van der Waals surface area contributed by atoms with Crippen LogP contribution in [0.1, 0.15) is 9.67 Å². The van der Waals surface area contributed by atoms with Crippen molar-refractivity contribution in [2.75, 3.05) is 14.2 Å². The molecule has 17 heavy (non-hydrogen) atoms. The molecule has 2 aromatic rings. The zero-order valence-corrected chi connectivity index (χ0v) is 11.4. The first kappa shape index (κ1) is 12.5. The van der Waals surface area contributed by atoms with Gasteiger partial charge in [-0.25, -0.2) is 0 Å². The molecule has 0 aliphatic carbocycles. The molecule has 0 N–H and O–H groups in total. The summed E-state index contributed by atoms with van der Waals surface area (Å²) in [5, 5.41) is 0.378. The molecule has 2 rings (SSSR count). The molecular weight excluding hydrogens is 283 g/mol. The van der Waals surface area contributed by atoms with Crippen LogP contribution in [0.3, 0.4) is 0 Å². The predicted octanol–water partition coefficient (Wildman–Crippen LogP) is 3.95. The second kappa shape index (κ2) is 4.72. The molecule has 0 radical (unpaired) electrons. The van der Waals surface area contributed by atoms with Gasteiger partial charge in [-0.1, -0.05) is 11.6 Å². The Morgan fingerprint density at radius 1 is 1.24 bits per heavy atom. The summed E-state index contributed by atoms with van der Waals surface area (Å²) in [5.41, 5.74) is 0. The minimum absolute atomic E-state index is 0.297. The molecule has 0 unspecified atom stereocenters. The summed E-state index contributed by atoms with van der Waals surface area (Å²) in [5.74, 6) is 1.23. The SMILES string of the molecule is COc1ccc(OC)c2c(Cl)c(C(=O)Cl)sc12. The number of thiophene rings is 1. The average Bonchev–Trinajstić information content (AvgIpc) is 2.67. The lowest BCUT2D eigenvalue weighted by molar-refractivity contribution is 0.108. The van der Waals surface area contributed by atoms with E-state index in [0.29, 0.717) is 26.8 Å². The topological polar surface area (TPSA) is 35.5 Å². The Bertz CT molecular complexity index is 592. The van der Waals surface area contributed by atoms with Gasteiger partial charge in [-0.2, -0.15) is 0 Å². The quantitative estimate of drug-likeness (QED) is 0.803. The number of fused-ring (bicyclic) bond motifs is 1. The van der Waals surface area contributed by atoms with Crippen molar-refractivity contribution >= 4 is 49.9 Å². The molecular formula is C11H8Cl2O3S. The Kier molecular flexibility index (Phi) is 3.47. The monoisotopic (exact) mass is 290 g/mol. The molecule has 0 aliphatic heterocycles. The van der Waals surface area contributed by atoms with E-state index in [1.54, 1.807) is 19.2 Å². The molecule has 0 saturated carbocycles. The van der Waals surface area contributed by atoms with Crippen LogP contribution in [0.4, 0.5) is 0 Å². The number of benzene rings is 1. The van der Waals surface area contributed by atoms with Gasteiger partial charge in [-0.05, 0) is 23.7 Å². The molecule has 0 aliphatic rings. The van der Waals surface area contributed by atoms with E-state index in [4.69, 9.17) is 32.7 Å². The minimum Gasteiger partial charge on any atom is -0.496 e. The van der Waals surface area contributed by atoms with Crippen LogP contribution < -0.4 is 9.47 Å². The van der Waals surface area contributed by atoms with Gasteiger partial charge in [0.1, 0.15) is 16.4 Å². The van der Waals surface area contributed by atoms with Gasteiger partial charge in [0.15, 0.2) is 0 Å². The summed E-state index contributed by atoms with van der Waals surface area (Å²) < 4.78 is 11.2. The number of hydrogen-bond donors (Lipinski definition) is 0. The molecule has 0 spiro atoms. The first-order valence-corrected chi connectivity index (χ1v) is 6.20. The molecule has 0 bridgehead atoms. The van der Waals surface area contributed by atoms with Crippen LogP contribution >= 0.6 is 34.5 Å². The van der Waals surface area contributed by atoms with E-state index in [1.807, 2.05) is 0 Å². The van der Waals surface area contributed by atoms with Crippen LogP contribution in [0.2, 0.25) is 5.02 Å². The summed E-state index contributed by atoms with van der Waals surface area (Å²) in [6, 6.07) is 3.50. The zero-order valence-electron chi connectivity index (χ0n) is 9.04. The van der Waals surface area contributed by atoms with Gasteiger partial charge < -0.3 is 9.47 Å². The van der Waals surface area contributed by atoms with E-state index in [9.17, 15) is 4.79 Å². The summed E-state index contributed by atoms with van der Waals surface area (Å²) in [6.07, 6.45) is 0. The fourth-order valence-corrected chi connectivity index (χ4v) is 3.31. The summed E-state index contributed by atoms with van der Waals surface area (Å²) in [7, 11) is 3.09. The number of rotatable bonds is 3. The molecule has 6 heteroatoms. The fraction of sp³-hybridized carbons (Fsp3) is 0.182. The highest BCUT2D eigenvalue weighted by Crippen LogP contribution is 2.45. The third-order valence-corrected chi connectivity index (χ3v) is 4.32. The van der Waals surface area contributed by atoms with Gasteiger partial charge in [0.2, 0.25) is 0 Å². The Morgan fingerprint density at radius 3 is 2.35 bits per heavy atom. The molecule has 1 aromatic heterocycles. The molecule has 0 fully saturated rings. The second-order valence-electron chi connectivity index (χ2n) is 3.19. The van der Waals surface area contributed by atoms with Crippen molar-refractivity contribution < 1.29 is 14.3 Å². The van der Waals surface area contributed by atoms with Crippen LogP contribution in [0.5, 0.6) is 11.5 Å². The maximum atomic E-state index is 11.2. The van der Waals surface area contributed by atoms with Gasteiger partial charge >= 0.3 is 0 Å². The van der Waals surface area contributed by atoms with Crippen LogP contribution in [-0.4, -0.2) is 19.5 Å². The van der Waals surface area contributed by atoms with Gasteiger partial charge in [-0.3, -0.25) is 4.79 Å². The Hall–Kier alpha value is -0.970. The second-order valence-corrected chi connectivity index (χ2v) is 4.93. The molecule has 1 aromatic carbocycles. The van der Waals surface area contributed by atoms with Crippen LogP contribution in [-0.2, 0) is 0 Å². The molecule has 90 valence electrons. The van der Waals surface area contributed by atoms with Crippen LogP contribution in [0.25, 0.3) is 10.1 Å². The highest BCUT2D eigenvalue weighted by molar-refractivity contribution is 7.23. The number of carbonyl (C=O) groups is 1. The van der Waals surface area contributed by atoms with Gasteiger partial charge in [0, 0.05) is 0 Å². The van der Waals surface area contributed by atoms with Crippen molar-refractivity contribution in [1.82, 2.24) is 0 Å². The maximum absolute atomic E-state index is 11.2. The van der Waals surface area contributed by atoms with Crippen molar-refractivity contribution in [3.05, 3.63) is 22.0 Å². The summed E-state index contributed by atoms with van der Waals surface area (Å²) in [6.45, 7) is 0. The normalized spacial score (nSPS) is 10.6. The molecule has 1 heterocycles. The van der Waals surface area contributed by atoms with Gasteiger partial charge in [0.05, 0.1) is 29.3 Å². The summed E-state index contributed by atoms with van der Waals surface area (Å²) >= 11 is 12.8. The molecule has 0 saturated heterocycles. The largest absolute Gasteiger partial charge is 0.496 e. The number of hydrogen-bond acceptors (Lipinski definition) is 4. The Balaban J connectivity index is 2.87. The third-order valence-electron chi connectivity index (χ3n) is 2.32. The van der Waals surface area contributed by atoms with Gasteiger partial charge in [0.25, 0.3) is 5.24 Å². The van der Waals surface area contributed by atoms with E-state index in [0.717, 1.165) is 4.70 Å².